The summed E-state index contributed by atoms with van der Waals surface area (Å²) in [6.45, 7) is 0. The lowest BCUT2D eigenvalue weighted by Crippen LogP contribution is -2.00. The molecule has 0 atom stereocenters. The van der Waals surface area contributed by atoms with Crippen molar-refractivity contribution in [2.24, 2.45) is 0 Å². The van der Waals surface area contributed by atoms with E-state index in [9.17, 15) is 4.79 Å². The average molecular weight is 134 g/mol. The molecular weight excluding hydrogens is 128 g/mol. The molecule has 0 fully saturated rings. The first kappa shape index (κ1) is 5.29. The first-order chi connectivity index (χ1) is 4.86. The molecule has 2 heterocycles. The van der Waals surface area contributed by atoms with Crippen LogP contribution in [0.4, 0.5) is 0 Å². The van der Waals surface area contributed by atoms with Crippen molar-refractivity contribution in [2.45, 2.75) is 0 Å². The molecule has 10 heavy (non-hydrogen) atoms. The van der Waals surface area contributed by atoms with Crippen LogP contribution in [0.15, 0.2) is 29.3 Å². The number of fused-ring (bicyclic) bond motifs is 1. The molecule has 0 aromatic carbocycles. The number of H-pyrrole nitrogens is 2. The summed E-state index contributed by atoms with van der Waals surface area (Å²) in [6.07, 6.45) is 3.47. The Morgan fingerprint density at radius 1 is 1.30 bits per heavy atom. The molecular formula is C7H6N2O. The standard InChI is InChI=1S/C7H6N2O/c10-7-3-5-1-2-8-6(5)4-9-7/h1-4,8H,(H,9,10). The van der Waals surface area contributed by atoms with Crippen LogP contribution < -0.4 is 5.56 Å². The van der Waals surface area contributed by atoms with Crippen molar-refractivity contribution in [3.8, 4) is 0 Å². The van der Waals surface area contributed by atoms with Crippen LogP contribution in [0.5, 0.6) is 0 Å². The summed E-state index contributed by atoms with van der Waals surface area (Å²) in [5.74, 6) is 0. The molecule has 3 nitrogen and oxygen atoms in total. The molecule has 0 unspecified atom stereocenters. The summed E-state index contributed by atoms with van der Waals surface area (Å²) >= 11 is 0. The second-order valence-corrected chi connectivity index (χ2v) is 2.14. The third kappa shape index (κ3) is 0.639. The Labute approximate surface area is 56.7 Å². The van der Waals surface area contributed by atoms with Gasteiger partial charge in [0.1, 0.15) is 0 Å². The highest BCUT2D eigenvalue weighted by molar-refractivity contribution is 5.77. The zero-order valence-corrected chi connectivity index (χ0v) is 5.22. The number of hydrogen-bond acceptors (Lipinski definition) is 1. The molecule has 50 valence electrons. The van der Waals surface area contributed by atoms with E-state index in [0.29, 0.717) is 0 Å². The smallest absolute Gasteiger partial charge is 0.248 e. The number of nitrogens with one attached hydrogen (secondary N) is 2. The Kier molecular flexibility index (Phi) is 0.917. The van der Waals surface area contributed by atoms with Crippen molar-refractivity contribution in [3.63, 3.8) is 0 Å². The van der Waals surface area contributed by atoms with Gasteiger partial charge >= 0.3 is 0 Å². The van der Waals surface area contributed by atoms with Gasteiger partial charge in [-0.25, -0.2) is 0 Å². The molecule has 2 aromatic rings. The summed E-state index contributed by atoms with van der Waals surface area (Å²) in [5.41, 5.74) is 0.895. The van der Waals surface area contributed by atoms with Crippen molar-refractivity contribution in [3.05, 3.63) is 34.9 Å². The minimum absolute atomic E-state index is 0.0629. The number of aromatic amines is 2. The first-order valence-corrected chi connectivity index (χ1v) is 3.02. The maximum atomic E-state index is 10.7. The van der Waals surface area contributed by atoms with E-state index in [-0.39, 0.29) is 5.56 Å². The van der Waals surface area contributed by atoms with Gasteiger partial charge in [0, 0.05) is 23.8 Å². The van der Waals surface area contributed by atoms with Gasteiger partial charge in [-0.05, 0) is 6.07 Å². The molecule has 0 aliphatic carbocycles. The minimum Gasteiger partial charge on any atom is -0.360 e. The van der Waals surface area contributed by atoms with Gasteiger partial charge in [-0.3, -0.25) is 4.79 Å². The van der Waals surface area contributed by atoms with Crippen molar-refractivity contribution in [1.29, 1.82) is 0 Å². The number of rotatable bonds is 0. The monoisotopic (exact) mass is 134 g/mol. The molecule has 0 aliphatic rings. The van der Waals surface area contributed by atoms with Crippen LogP contribution in [0, 0.1) is 0 Å². The van der Waals surface area contributed by atoms with E-state index in [4.69, 9.17) is 0 Å². The minimum atomic E-state index is -0.0629. The van der Waals surface area contributed by atoms with Crippen LogP contribution >= 0.6 is 0 Å². The third-order valence-electron chi connectivity index (χ3n) is 1.46. The Balaban J connectivity index is 2.99. The number of pyridine rings is 1. The molecule has 0 radical (unpaired) electrons. The van der Waals surface area contributed by atoms with Gasteiger partial charge in [0.2, 0.25) is 5.56 Å². The quantitative estimate of drug-likeness (QED) is 0.551. The van der Waals surface area contributed by atoms with E-state index in [1.54, 1.807) is 18.5 Å². The van der Waals surface area contributed by atoms with E-state index in [1.807, 2.05) is 6.07 Å². The lowest BCUT2D eigenvalue weighted by atomic mass is 10.3. The summed E-state index contributed by atoms with van der Waals surface area (Å²) < 4.78 is 0. The molecule has 3 heteroatoms. The predicted octanol–water partition coefficient (Wildman–Crippen LogP) is 0.856. The van der Waals surface area contributed by atoms with Crippen molar-refractivity contribution < 1.29 is 0 Å². The van der Waals surface area contributed by atoms with E-state index in [2.05, 4.69) is 9.97 Å². The van der Waals surface area contributed by atoms with Gasteiger partial charge in [-0.1, -0.05) is 0 Å². The second kappa shape index (κ2) is 1.73. The van der Waals surface area contributed by atoms with Crippen LogP contribution in [-0.4, -0.2) is 9.97 Å². The number of aromatic nitrogens is 2. The Morgan fingerprint density at radius 2 is 2.20 bits per heavy atom. The highest BCUT2D eigenvalue weighted by Gasteiger charge is 1.91. The van der Waals surface area contributed by atoms with Crippen LogP contribution in [0.2, 0.25) is 0 Å². The fraction of sp³-hybridized carbons (Fsp3) is 0. The normalized spacial score (nSPS) is 10.4. The van der Waals surface area contributed by atoms with Gasteiger partial charge < -0.3 is 9.97 Å². The highest BCUT2D eigenvalue weighted by Crippen LogP contribution is 2.05. The fourth-order valence-corrected chi connectivity index (χ4v) is 0.971. The highest BCUT2D eigenvalue weighted by atomic mass is 16.1. The average Bonchev–Trinajstić information content (AvgIpc) is 2.33. The van der Waals surface area contributed by atoms with Gasteiger partial charge in [0.25, 0.3) is 0 Å². The molecule has 0 aliphatic heterocycles. The largest absolute Gasteiger partial charge is 0.360 e. The van der Waals surface area contributed by atoms with Crippen molar-refractivity contribution >= 4 is 10.9 Å². The van der Waals surface area contributed by atoms with Crippen LogP contribution in [-0.2, 0) is 0 Å². The molecule has 0 spiro atoms. The zero-order valence-electron chi connectivity index (χ0n) is 5.22. The van der Waals surface area contributed by atoms with Gasteiger partial charge in [0.05, 0.1) is 5.52 Å². The maximum Gasteiger partial charge on any atom is 0.248 e. The van der Waals surface area contributed by atoms with Crippen LogP contribution in [0.3, 0.4) is 0 Å². The molecule has 0 amide bonds. The van der Waals surface area contributed by atoms with E-state index in [0.717, 1.165) is 10.9 Å². The molecule has 0 saturated heterocycles. The van der Waals surface area contributed by atoms with Crippen molar-refractivity contribution in [2.75, 3.05) is 0 Å². The summed E-state index contributed by atoms with van der Waals surface area (Å²) in [7, 11) is 0. The molecule has 2 rings (SSSR count). The zero-order chi connectivity index (χ0) is 6.97. The van der Waals surface area contributed by atoms with E-state index < -0.39 is 0 Å². The predicted molar refractivity (Wildman–Crippen MR) is 38.9 cm³/mol. The van der Waals surface area contributed by atoms with E-state index in [1.165, 1.54) is 0 Å². The van der Waals surface area contributed by atoms with Gasteiger partial charge in [0.15, 0.2) is 0 Å². The fourth-order valence-electron chi connectivity index (χ4n) is 0.971. The third-order valence-corrected chi connectivity index (χ3v) is 1.46. The molecule has 0 saturated carbocycles. The summed E-state index contributed by atoms with van der Waals surface area (Å²) in [5, 5.41) is 0.948. The second-order valence-electron chi connectivity index (χ2n) is 2.14. The topological polar surface area (TPSA) is 48.6 Å². The van der Waals surface area contributed by atoms with Gasteiger partial charge in [-0.2, -0.15) is 0 Å². The van der Waals surface area contributed by atoms with Gasteiger partial charge in [-0.15, -0.1) is 0 Å². The maximum absolute atomic E-state index is 10.7. The van der Waals surface area contributed by atoms with Crippen LogP contribution in [0.25, 0.3) is 10.9 Å². The lowest BCUT2D eigenvalue weighted by molar-refractivity contribution is 1.26. The summed E-state index contributed by atoms with van der Waals surface area (Å²) in [4.78, 5) is 16.3. The molecule has 2 aromatic heterocycles. The van der Waals surface area contributed by atoms with E-state index >= 15 is 0 Å². The Bertz CT molecular complexity index is 399. The first-order valence-electron chi connectivity index (χ1n) is 3.02. The lowest BCUT2D eigenvalue weighted by Gasteiger charge is -1.84. The van der Waals surface area contributed by atoms with Crippen molar-refractivity contribution in [1.82, 2.24) is 9.97 Å². The Morgan fingerprint density at radius 3 is 3.10 bits per heavy atom. The summed E-state index contributed by atoms with van der Waals surface area (Å²) in [6, 6.07) is 3.43. The SMILES string of the molecule is O=c1cc2cc[nH]c2c[nH]1. The number of hydrogen-bond donors (Lipinski definition) is 2. The molecule has 0 bridgehead atoms. The molecule has 2 N–H and O–H groups in total. The Hall–Kier alpha value is -1.51. The van der Waals surface area contributed by atoms with Crippen LogP contribution in [0.1, 0.15) is 0 Å².